The molecule has 0 aromatic carbocycles. The lowest BCUT2D eigenvalue weighted by atomic mass is 11.0. The van der Waals surface area contributed by atoms with Gasteiger partial charge in [0, 0.05) is 0 Å². The maximum absolute atomic E-state index is 8.88. The average Bonchev–Trinajstić information content (AvgIpc) is 1.77. The molecule has 0 amide bonds. The van der Waals surface area contributed by atoms with Gasteiger partial charge in [0.2, 0.25) is 0 Å². The zero-order valence-corrected chi connectivity index (χ0v) is 11.3. The van der Waals surface area contributed by atoms with E-state index in [1.807, 2.05) is 13.8 Å². The lowest BCUT2D eigenvalue weighted by molar-refractivity contribution is 0.272. The molecule has 0 bridgehead atoms. The topological polar surface area (TPSA) is 233 Å². The SMILES string of the molecule is CC.O=P(O)(O)O.O=P(O)(O)O.O=P(O)(O)O. The van der Waals surface area contributed by atoms with Crippen LogP contribution in [0.25, 0.3) is 0 Å². The van der Waals surface area contributed by atoms with Gasteiger partial charge in [-0.25, -0.2) is 13.7 Å². The monoisotopic (exact) mass is 324 g/mol. The Balaban J connectivity index is -0.0000000693. The Morgan fingerprint density at radius 3 is 0.471 bits per heavy atom. The molecule has 0 radical (unpaired) electrons. The van der Waals surface area contributed by atoms with Gasteiger partial charge >= 0.3 is 23.5 Å². The summed E-state index contributed by atoms with van der Waals surface area (Å²) in [4.78, 5) is 64.7. The number of rotatable bonds is 0. The second-order valence-corrected chi connectivity index (χ2v) is 4.62. The van der Waals surface area contributed by atoms with E-state index in [-0.39, 0.29) is 0 Å². The third kappa shape index (κ3) is 30800. The lowest BCUT2D eigenvalue weighted by Crippen LogP contribution is -1.66. The van der Waals surface area contributed by atoms with E-state index >= 15 is 0 Å². The van der Waals surface area contributed by atoms with E-state index < -0.39 is 23.5 Å². The normalized spacial score (nSPS) is 10.8. The maximum Gasteiger partial charge on any atom is 0.466 e. The summed E-state index contributed by atoms with van der Waals surface area (Å²) in [6, 6.07) is 0. The molecule has 9 N–H and O–H groups in total. The van der Waals surface area contributed by atoms with Crippen molar-refractivity contribution >= 4 is 23.5 Å². The van der Waals surface area contributed by atoms with Crippen molar-refractivity contribution in [2.24, 2.45) is 0 Å². The molecular weight excluding hydrogens is 309 g/mol. The molecule has 0 aliphatic carbocycles. The molecule has 0 saturated heterocycles. The van der Waals surface area contributed by atoms with E-state index in [0.717, 1.165) is 0 Å². The Labute approximate surface area is 95.9 Å². The Hall–Kier alpha value is 0.330. The average molecular weight is 324 g/mol. The van der Waals surface area contributed by atoms with Gasteiger partial charge in [-0.15, -0.1) is 0 Å². The summed E-state index contributed by atoms with van der Waals surface area (Å²) >= 11 is 0. The summed E-state index contributed by atoms with van der Waals surface area (Å²) in [7, 11) is -13.9. The fraction of sp³-hybridized carbons (Fsp3) is 1.00. The molecule has 0 fully saturated rings. The predicted octanol–water partition coefficient (Wildman–Crippen LogP) is -1.76. The lowest BCUT2D eigenvalue weighted by Gasteiger charge is -1.82. The Morgan fingerprint density at radius 2 is 0.471 bits per heavy atom. The first kappa shape index (κ1) is 26.0. The Kier molecular flexibility index (Phi) is 17.5. The van der Waals surface area contributed by atoms with Crippen molar-refractivity contribution in [2.75, 3.05) is 0 Å². The van der Waals surface area contributed by atoms with E-state index in [1.165, 1.54) is 0 Å². The quantitative estimate of drug-likeness (QED) is 0.225. The van der Waals surface area contributed by atoms with Crippen LogP contribution in [0, 0.1) is 0 Å². The van der Waals surface area contributed by atoms with E-state index in [0.29, 0.717) is 0 Å². The van der Waals surface area contributed by atoms with E-state index in [1.54, 1.807) is 0 Å². The summed E-state index contributed by atoms with van der Waals surface area (Å²) in [6.07, 6.45) is 0. The van der Waals surface area contributed by atoms with E-state index in [2.05, 4.69) is 0 Å². The molecule has 12 nitrogen and oxygen atoms in total. The molecule has 0 atom stereocenters. The van der Waals surface area contributed by atoms with Crippen LogP contribution in [0.1, 0.15) is 13.8 Å². The standard InChI is InChI=1S/C2H6.3H3O4P/c1-2;3*1-5(2,3)4/h1-2H3;3*(H3,1,2,3,4). The molecule has 0 aromatic heterocycles. The van der Waals surface area contributed by atoms with Gasteiger partial charge in [0.1, 0.15) is 0 Å². The highest BCUT2D eigenvalue weighted by Crippen LogP contribution is 2.26. The fourth-order valence-electron chi connectivity index (χ4n) is 0. The summed E-state index contributed by atoms with van der Waals surface area (Å²) in [5.41, 5.74) is 0. The molecule has 0 heterocycles. The highest BCUT2D eigenvalue weighted by atomic mass is 31.2. The van der Waals surface area contributed by atoms with Gasteiger partial charge in [0.05, 0.1) is 0 Å². The van der Waals surface area contributed by atoms with Crippen LogP contribution in [0.5, 0.6) is 0 Å². The van der Waals surface area contributed by atoms with Gasteiger partial charge in [-0.2, -0.15) is 0 Å². The van der Waals surface area contributed by atoms with Gasteiger partial charge in [-0.1, -0.05) is 13.8 Å². The first-order chi connectivity index (χ1) is 7.00. The minimum atomic E-state index is -4.64. The van der Waals surface area contributed by atoms with Gasteiger partial charge < -0.3 is 44.0 Å². The molecule has 0 rings (SSSR count). The van der Waals surface area contributed by atoms with Crippen molar-refractivity contribution in [3.63, 3.8) is 0 Å². The highest BCUT2D eigenvalue weighted by molar-refractivity contribution is 7.45. The second-order valence-electron chi connectivity index (χ2n) is 1.54. The molecule has 0 aliphatic rings. The van der Waals surface area contributed by atoms with Crippen molar-refractivity contribution in [1.82, 2.24) is 0 Å². The molecule has 0 aromatic rings. The van der Waals surface area contributed by atoms with Crippen molar-refractivity contribution < 1.29 is 57.7 Å². The van der Waals surface area contributed by atoms with Gasteiger partial charge in [-0.05, 0) is 0 Å². The second kappa shape index (κ2) is 11.4. The fourth-order valence-corrected chi connectivity index (χ4v) is 0. The van der Waals surface area contributed by atoms with Crippen molar-refractivity contribution in [2.45, 2.75) is 13.8 Å². The first-order valence-corrected chi connectivity index (χ1v) is 8.04. The molecule has 110 valence electrons. The first-order valence-electron chi connectivity index (χ1n) is 3.35. The zero-order valence-electron chi connectivity index (χ0n) is 8.59. The van der Waals surface area contributed by atoms with Crippen LogP contribution in [-0.4, -0.2) is 44.0 Å². The summed E-state index contributed by atoms with van der Waals surface area (Å²) in [5, 5.41) is 0. The molecule has 0 unspecified atom stereocenters. The van der Waals surface area contributed by atoms with Crippen LogP contribution < -0.4 is 0 Å². The molecule has 15 heteroatoms. The van der Waals surface area contributed by atoms with Gasteiger partial charge in [-0.3, -0.25) is 0 Å². The number of hydrogen-bond acceptors (Lipinski definition) is 3. The van der Waals surface area contributed by atoms with Crippen LogP contribution >= 0.6 is 23.5 Å². The maximum atomic E-state index is 8.88. The van der Waals surface area contributed by atoms with Crippen LogP contribution in [-0.2, 0) is 13.7 Å². The molecule has 0 spiro atoms. The van der Waals surface area contributed by atoms with Gasteiger partial charge in [0.25, 0.3) is 0 Å². The molecular formula is C2H15O12P3. The summed E-state index contributed by atoms with van der Waals surface area (Å²) < 4.78 is 26.6. The summed E-state index contributed by atoms with van der Waals surface area (Å²) in [5.74, 6) is 0. The van der Waals surface area contributed by atoms with E-state index in [4.69, 9.17) is 57.7 Å². The zero-order chi connectivity index (χ0) is 15.5. The van der Waals surface area contributed by atoms with Gasteiger partial charge in [0.15, 0.2) is 0 Å². The predicted molar refractivity (Wildman–Crippen MR) is 54.1 cm³/mol. The largest absolute Gasteiger partial charge is 0.466 e. The van der Waals surface area contributed by atoms with Crippen LogP contribution in [0.15, 0.2) is 0 Å². The van der Waals surface area contributed by atoms with Crippen LogP contribution in [0.4, 0.5) is 0 Å². The van der Waals surface area contributed by atoms with E-state index in [9.17, 15) is 0 Å². The van der Waals surface area contributed by atoms with Crippen LogP contribution in [0.2, 0.25) is 0 Å². The highest BCUT2D eigenvalue weighted by Gasteiger charge is 2.01. The molecule has 17 heavy (non-hydrogen) atoms. The van der Waals surface area contributed by atoms with Crippen LogP contribution in [0.3, 0.4) is 0 Å². The molecule has 0 saturated carbocycles. The number of hydrogen-bond donors (Lipinski definition) is 9. The third-order valence-corrected chi connectivity index (χ3v) is 0. The third-order valence-electron chi connectivity index (χ3n) is 0. The molecule has 0 aliphatic heterocycles. The minimum Gasteiger partial charge on any atom is -0.303 e. The Morgan fingerprint density at radius 1 is 0.471 bits per heavy atom. The van der Waals surface area contributed by atoms with Crippen molar-refractivity contribution in [1.29, 1.82) is 0 Å². The summed E-state index contributed by atoms with van der Waals surface area (Å²) in [6.45, 7) is 4.00. The number of phosphoric acid groups is 3. The van der Waals surface area contributed by atoms with Crippen molar-refractivity contribution in [3.8, 4) is 0 Å². The smallest absolute Gasteiger partial charge is 0.303 e. The minimum absolute atomic E-state index is 2.00. The van der Waals surface area contributed by atoms with Crippen molar-refractivity contribution in [3.05, 3.63) is 0 Å². The Bertz CT molecular complexity index is 206.